The summed E-state index contributed by atoms with van der Waals surface area (Å²) < 4.78 is 34.0. The van der Waals surface area contributed by atoms with Gasteiger partial charge in [0.25, 0.3) is 0 Å². The highest BCUT2D eigenvalue weighted by atomic mass is 19.1. The minimum absolute atomic E-state index is 0.0428. The molecule has 3 aliphatic rings. The number of ether oxygens (including phenoxy) is 1. The van der Waals surface area contributed by atoms with Crippen LogP contribution in [0.5, 0.6) is 0 Å². The van der Waals surface area contributed by atoms with Gasteiger partial charge in [-0.3, -0.25) is 0 Å². The van der Waals surface area contributed by atoms with E-state index in [0.717, 1.165) is 43.2 Å². The molecule has 2 heterocycles. The van der Waals surface area contributed by atoms with Crippen LogP contribution in [0, 0.1) is 17.6 Å². The molecule has 2 nitrogen and oxygen atoms in total. The van der Waals surface area contributed by atoms with Crippen molar-refractivity contribution in [3.05, 3.63) is 70.8 Å². The number of hydrogen-bond acceptors (Lipinski definition) is 2. The minimum atomic E-state index is -0.544. The van der Waals surface area contributed by atoms with Gasteiger partial charge in [0.05, 0.1) is 12.1 Å². The minimum Gasteiger partial charge on any atom is -0.377 e. The van der Waals surface area contributed by atoms with Crippen molar-refractivity contribution in [2.24, 2.45) is 5.92 Å². The summed E-state index contributed by atoms with van der Waals surface area (Å²) in [6.07, 6.45) is 5.08. The molecular weight excluding hydrogens is 320 g/mol. The van der Waals surface area contributed by atoms with Crippen molar-refractivity contribution in [1.29, 1.82) is 0 Å². The summed E-state index contributed by atoms with van der Waals surface area (Å²) in [6, 6.07) is 9.95. The fourth-order valence-electron chi connectivity index (χ4n) is 4.30. The van der Waals surface area contributed by atoms with Crippen molar-refractivity contribution in [2.45, 2.75) is 31.4 Å². The third-order valence-corrected chi connectivity index (χ3v) is 5.55. The van der Waals surface area contributed by atoms with Crippen molar-refractivity contribution in [1.82, 2.24) is 0 Å². The zero-order valence-corrected chi connectivity index (χ0v) is 13.8. The molecular formula is C21H19F2NO. The topological polar surface area (TPSA) is 21.3 Å². The van der Waals surface area contributed by atoms with Gasteiger partial charge in [0, 0.05) is 41.0 Å². The van der Waals surface area contributed by atoms with Crippen LogP contribution in [0.3, 0.4) is 0 Å². The average molecular weight is 339 g/mol. The van der Waals surface area contributed by atoms with E-state index in [4.69, 9.17) is 4.74 Å². The van der Waals surface area contributed by atoms with Crippen LogP contribution in [0.15, 0.2) is 42.5 Å². The number of benzene rings is 2. The van der Waals surface area contributed by atoms with Crippen LogP contribution in [0.1, 0.15) is 48.1 Å². The van der Waals surface area contributed by atoms with Crippen LogP contribution < -0.4 is 5.32 Å². The van der Waals surface area contributed by atoms with Crippen molar-refractivity contribution in [3.8, 4) is 0 Å². The lowest BCUT2D eigenvalue weighted by molar-refractivity contribution is -0.0384. The lowest BCUT2D eigenvalue weighted by atomic mass is 9.76. The normalized spacial score (nSPS) is 27.0. The molecule has 0 saturated carbocycles. The first-order valence-electron chi connectivity index (χ1n) is 8.88. The monoisotopic (exact) mass is 339 g/mol. The van der Waals surface area contributed by atoms with Gasteiger partial charge in [0.2, 0.25) is 0 Å². The molecule has 1 aliphatic carbocycles. The molecule has 0 amide bonds. The third-order valence-electron chi connectivity index (χ3n) is 5.55. The van der Waals surface area contributed by atoms with E-state index in [0.29, 0.717) is 5.56 Å². The number of rotatable bonds is 2. The highest BCUT2D eigenvalue weighted by Gasteiger charge is 2.41. The van der Waals surface area contributed by atoms with E-state index in [1.807, 2.05) is 0 Å². The second-order valence-electron chi connectivity index (χ2n) is 7.09. The van der Waals surface area contributed by atoms with Crippen molar-refractivity contribution < 1.29 is 13.5 Å². The molecule has 2 aromatic rings. The van der Waals surface area contributed by atoms with Crippen LogP contribution >= 0.6 is 0 Å². The Balaban J connectivity index is 1.64. The molecule has 0 spiro atoms. The quantitative estimate of drug-likeness (QED) is 0.792. The molecule has 5 rings (SSSR count). The lowest BCUT2D eigenvalue weighted by Gasteiger charge is -2.44. The summed E-state index contributed by atoms with van der Waals surface area (Å²) in [6.45, 7) is 0.728. The first kappa shape index (κ1) is 15.1. The molecule has 128 valence electrons. The van der Waals surface area contributed by atoms with Crippen LogP contribution in [0.25, 0.3) is 5.57 Å². The highest BCUT2D eigenvalue weighted by Crippen LogP contribution is 2.52. The summed E-state index contributed by atoms with van der Waals surface area (Å²) in [5.74, 6) is -0.893. The fraction of sp³-hybridized carbons (Fsp3) is 0.333. The van der Waals surface area contributed by atoms with Crippen molar-refractivity contribution in [3.63, 3.8) is 0 Å². The van der Waals surface area contributed by atoms with Crippen molar-refractivity contribution in [2.75, 3.05) is 11.9 Å². The molecule has 3 atom stereocenters. The largest absolute Gasteiger partial charge is 0.377 e. The molecule has 1 fully saturated rings. The van der Waals surface area contributed by atoms with E-state index in [2.05, 4.69) is 29.6 Å². The number of anilines is 1. The van der Waals surface area contributed by atoms with Crippen LogP contribution in [0.4, 0.5) is 14.5 Å². The molecule has 0 aromatic heterocycles. The first-order valence-corrected chi connectivity index (χ1v) is 8.88. The Morgan fingerprint density at radius 3 is 2.76 bits per heavy atom. The standard InChI is InChI=1S/C21H19F2NO/c22-13-8-9-15(18(23)11-13)20-17-5-2-10-25-21(17)16-4-1-3-14(12-6-7-12)19(16)24-20/h1,3-4,6,8-9,11,17,20-21,24H,2,5,7,10H2. The van der Waals surface area contributed by atoms with Crippen LogP contribution in [-0.2, 0) is 4.74 Å². The third kappa shape index (κ3) is 2.47. The Hall–Kier alpha value is -2.20. The Labute approximate surface area is 145 Å². The van der Waals surface area contributed by atoms with Crippen LogP contribution in [-0.4, -0.2) is 6.61 Å². The van der Waals surface area contributed by atoms with E-state index in [-0.39, 0.29) is 18.1 Å². The first-order chi connectivity index (χ1) is 12.2. The van der Waals surface area contributed by atoms with Gasteiger partial charge in [-0.25, -0.2) is 8.78 Å². The van der Waals surface area contributed by atoms with Crippen LogP contribution in [0.2, 0.25) is 0 Å². The van der Waals surface area contributed by atoms with Gasteiger partial charge in [-0.2, -0.15) is 0 Å². The number of fused-ring (bicyclic) bond motifs is 3. The van der Waals surface area contributed by atoms with Gasteiger partial charge in [0.1, 0.15) is 11.6 Å². The summed E-state index contributed by atoms with van der Waals surface area (Å²) in [4.78, 5) is 0. The molecule has 2 aliphatic heterocycles. The van der Waals surface area contributed by atoms with E-state index in [1.165, 1.54) is 17.2 Å². The van der Waals surface area contributed by atoms with E-state index >= 15 is 0 Å². The number of halogens is 2. The van der Waals surface area contributed by atoms with Gasteiger partial charge >= 0.3 is 0 Å². The van der Waals surface area contributed by atoms with Gasteiger partial charge < -0.3 is 10.1 Å². The lowest BCUT2D eigenvalue weighted by Crippen LogP contribution is -2.36. The summed E-state index contributed by atoms with van der Waals surface area (Å²) in [5.41, 5.74) is 5.22. The maximum atomic E-state index is 14.5. The highest BCUT2D eigenvalue weighted by molar-refractivity contribution is 5.86. The zero-order valence-electron chi connectivity index (χ0n) is 13.8. The number of hydrogen-bond donors (Lipinski definition) is 1. The molecule has 2 aromatic carbocycles. The number of nitrogens with one attached hydrogen (secondary N) is 1. The summed E-state index contributed by atoms with van der Waals surface area (Å²) >= 11 is 0. The Kier molecular flexibility index (Phi) is 3.42. The van der Waals surface area contributed by atoms with Gasteiger partial charge in [-0.15, -0.1) is 0 Å². The van der Waals surface area contributed by atoms with E-state index < -0.39 is 11.6 Å². The molecule has 1 saturated heterocycles. The maximum Gasteiger partial charge on any atom is 0.131 e. The SMILES string of the molecule is Fc1ccc(C2Nc3c(C4=CC4)cccc3C3OCCCC23)c(F)c1. The molecule has 0 radical (unpaired) electrons. The average Bonchev–Trinajstić information content (AvgIpc) is 3.46. The molecule has 0 bridgehead atoms. The fourth-order valence-corrected chi connectivity index (χ4v) is 4.30. The predicted octanol–water partition coefficient (Wildman–Crippen LogP) is 5.39. The van der Waals surface area contributed by atoms with Gasteiger partial charge in [0.15, 0.2) is 0 Å². The molecule has 3 unspecified atom stereocenters. The molecule has 25 heavy (non-hydrogen) atoms. The zero-order chi connectivity index (χ0) is 17.0. The van der Waals surface area contributed by atoms with E-state index in [1.54, 1.807) is 6.07 Å². The summed E-state index contributed by atoms with van der Waals surface area (Å²) in [5, 5.41) is 3.58. The molecule has 4 heteroatoms. The Morgan fingerprint density at radius 2 is 1.96 bits per heavy atom. The van der Waals surface area contributed by atoms with Crippen molar-refractivity contribution >= 4 is 11.3 Å². The van der Waals surface area contributed by atoms with Gasteiger partial charge in [-0.05, 0) is 30.9 Å². The number of allylic oxidation sites excluding steroid dienone is 2. The summed E-state index contributed by atoms with van der Waals surface area (Å²) in [7, 11) is 0. The second kappa shape index (κ2) is 5.67. The second-order valence-corrected chi connectivity index (χ2v) is 7.09. The number of para-hydroxylation sites is 1. The Morgan fingerprint density at radius 1 is 1.08 bits per heavy atom. The van der Waals surface area contributed by atoms with E-state index in [9.17, 15) is 8.78 Å². The predicted molar refractivity (Wildman–Crippen MR) is 93.2 cm³/mol. The maximum absolute atomic E-state index is 14.5. The molecule has 1 N–H and O–H groups in total. The Bertz CT molecular complexity index is 876. The smallest absolute Gasteiger partial charge is 0.131 e. The van der Waals surface area contributed by atoms with Gasteiger partial charge in [-0.1, -0.05) is 30.3 Å².